The van der Waals surface area contributed by atoms with Crippen LogP contribution in [0, 0.1) is 5.92 Å². The van der Waals surface area contributed by atoms with Gasteiger partial charge in [0.05, 0.1) is 5.02 Å². The molecule has 2 heterocycles. The van der Waals surface area contributed by atoms with Gasteiger partial charge in [0.15, 0.2) is 0 Å². The summed E-state index contributed by atoms with van der Waals surface area (Å²) < 4.78 is 1.94. The van der Waals surface area contributed by atoms with Gasteiger partial charge >= 0.3 is 0 Å². The summed E-state index contributed by atoms with van der Waals surface area (Å²) in [6, 6.07) is 1.99. The van der Waals surface area contributed by atoms with Crippen molar-refractivity contribution in [3.8, 4) is 0 Å². The van der Waals surface area contributed by atoms with Crippen LogP contribution in [0.25, 0.3) is 0 Å². The molecule has 1 unspecified atom stereocenters. The van der Waals surface area contributed by atoms with E-state index in [9.17, 15) is 4.79 Å². The van der Waals surface area contributed by atoms with E-state index >= 15 is 0 Å². The zero-order chi connectivity index (χ0) is 14.7. The molecule has 112 valence electrons. The van der Waals surface area contributed by atoms with E-state index in [0.717, 1.165) is 19.6 Å². The van der Waals surface area contributed by atoms with Gasteiger partial charge in [0.2, 0.25) is 0 Å². The van der Waals surface area contributed by atoms with Crippen molar-refractivity contribution in [1.29, 1.82) is 0 Å². The minimum absolute atomic E-state index is 0.0520. The molecule has 1 saturated heterocycles. The molecule has 0 radical (unpaired) electrons. The summed E-state index contributed by atoms with van der Waals surface area (Å²) in [5.74, 6) is 0.604. The number of carbonyl (C=O) groups excluding carboxylic acids is 1. The second-order valence-electron chi connectivity index (χ2n) is 5.94. The molecule has 1 atom stereocenters. The highest BCUT2D eigenvalue weighted by Crippen LogP contribution is 2.21. The van der Waals surface area contributed by atoms with E-state index in [2.05, 4.69) is 19.2 Å². The van der Waals surface area contributed by atoms with Crippen molar-refractivity contribution in [3.63, 3.8) is 0 Å². The predicted molar refractivity (Wildman–Crippen MR) is 82.4 cm³/mol. The van der Waals surface area contributed by atoms with Crippen LogP contribution in [0.3, 0.4) is 0 Å². The third-order valence-corrected chi connectivity index (χ3v) is 4.08. The van der Waals surface area contributed by atoms with Gasteiger partial charge in [0, 0.05) is 25.8 Å². The van der Waals surface area contributed by atoms with Gasteiger partial charge in [-0.2, -0.15) is 0 Å². The lowest BCUT2D eigenvalue weighted by Gasteiger charge is -2.28. The number of carbonyl (C=O) groups is 1. The Morgan fingerprint density at radius 3 is 2.95 bits per heavy atom. The van der Waals surface area contributed by atoms with Gasteiger partial charge in [-0.1, -0.05) is 11.6 Å². The minimum Gasteiger partial charge on any atom is -0.340 e. The molecule has 2 rings (SSSR count). The SMILES string of the molecule is CC(C)n1cc(Cl)cc1C(=O)N(C)CC1CCCNC1. The molecule has 0 bridgehead atoms. The maximum Gasteiger partial charge on any atom is 0.270 e. The van der Waals surface area contributed by atoms with Crippen LogP contribution in [0.2, 0.25) is 5.02 Å². The minimum atomic E-state index is 0.0520. The smallest absolute Gasteiger partial charge is 0.270 e. The van der Waals surface area contributed by atoms with Crippen molar-refractivity contribution >= 4 is 17.5 Å². The molecule has 1 aromatic rings. The molecule has 1 fully saturated rings. The topological polar surface area (TPSA) is 37.3 Å². The van der Waals surface area contributed by atoms with E-state index in [4.69, 9.17) is 11.6 Å². The Labute approximate surface area is 126 Å². The molecule has 0 aliphatic carbocycles. The number of hydrogen-bond acceptors (Lipinski definition) is 2. The zero-order valence-corrected chi connectivity index (χ0v) is 13.3. The lowest BCUT2D eigenvalue weighted by Crippen LogP contribution is -2.39. The molecule has 0 aromatic carbocycles. The lowest BCUT2D eigenvalue weighted by atomic mass is 9.99. The van der Waals surface area contributed by atoms with Crippen molar-refractivity contribution < 1.29 is 4.79 Å². The zero-order valence-electron chi connectivity index (χ0n) is 12.5. The van der Waals surface area contributed by atoms with Crippen LogP contribution < -0.4 is 5.32 Å². The van der Waals surface area contributed by atoms with Crippen molar-refractivity contribution in [3.05, 3.63) is 23.0 Å². The summed E-state index contributed by atoms with van der Waals surface area (Å²) in [5.41, 5.74) is 0.677. The molecule has 4 nitrogen and oxygen atoms in total. The quantitative estimate of drug-likeness (QED) is 0.928. The van der Waals surface area contributed by atoms with Gasteiger partial charge in [0.1, 0.15) is 5.69 Å². The average molecular weight is 298 g/mol. The summed E-state index contributed by atoms with van der Waals surface area (Å²) >= 11 is 6.05. The molecule has 1 N–H and O–H groups in total. The number of rotatable bonds is 4. The fourth-order valence-corrected chi connectivity index (χ4v) is 3.00. The van der Waals surface area contributed by atoms with E-state index in [1.165, 1.54) is 12.8 Å². The number of amides is 1. The first-order valence-electron chi connectivity index (χ1n) is 7.32. The van der Waals surface area contributed by atoms with Gasteiger partial charge in [-0.05, 0) is 51.8 Å². The number of aromatic nitrogens is 1. The van der Waals surface area contributed by atoms with E-state index in [1.807, 2.05) is 22.7 Å². The third-order valence-electron chi connectivity index (χ3n) is 3.87. The summed E-state index contributed by atoms with van der Waals surface area (Å²) in [4.78, 5) is 14.4. The number of nitrogens with zero attached hydrogens (tertiary/aromatic N) is 2. The predicted octanol–water partition coefficient (Wildman–Crippen LogP) is 2.79. The highest BCUT2D eigenvalue weighted by atomic mass is 35.5. The van der Waals surface area contributed by atoms with Crippen molar-refractivity contribution in [2.24, 2.45) is 5.92 Å². The first kappa shape index (κ1) is 15.4. The summed E-state index contributed by atoms with van der Waals surface area (Å²) in [7, 11) is 1.88. The molecule has 0 spiro atoms. The van der Waals surface area contributed by atoms with Crippen LogP contribution in [0.5, 0.6) is 0 Å². The molecule has 0 saturated carbocycles. The van der Waals surface area contributed by atoms with Crippen LogP contribution in [-0.4, -0.2) is 42.1 Å². The Kier molecular flexibility index (Phi) is 5.11. The molecule has 5 heteroatoms. The first-order valence-corrected chi connectivity index (χ1v) is 7.70. The van der Waals surface area contributed by atoms with Crippen molar-refractivity contribution in [1.82, 2.24) is 14.8 Å². The molecule has 1 amide bonds. The van der Waals surface area contributed by atoms with Gasteiger partial charge in [0.25, 0.3) is 5.91 Å². The average Bonchev–Trinajstić information content (AvgIpc) is 2.81. The van der Waals surface area contributed by atoms with Gasteiger partial charge in [-0.15, -0.1) is 0 Å². The Morgan fingerprint density at radius 1 is 1.60 bits per heavy atom. The molecular formula is C15H24ClN3O. The van der Waals surface area contributed by atoms with Crippen molar-refractivity contribution in [2.75, 3.05) is 26.7 Å². The second kappa shape index (κ2) is 6.64. The fraction of sp³-hybridized carbons (Fsp3) is 0.667. The van der Waals surface area contributed by atoms with E-state index in [0.29, 0.717) is 16.6 Å². The number of nitrogens with one attached hydrogen (secondary N) is 1. The Balaban J connectivity index is 2.06. The van der Waals surface area contributed by atoms with E-state index in [-0.39, 0.29) is 11.9 Å². The summed E-state index contributed by atoms with van der Waals surface area (Å²) in [6.07, 6.45) is 4.22. The van der Waals surface area contributed by atoms with Crippen LogP contribution in [-0.2, 0) is 0 Å². The Morgan fingerprint density at radius 2 is 2.35 bits per heavy atom. The lowest BCUT2D eigenvalue weighted by molar-refractivity contribution is 0.0752. The second-order valence-corrected chi connectivity index (χ2v) is 6.38. The van der Waals surface area contributed by atoms with E-state index < -0.39 is 0 Å². The van der Waals surface area contributed by atoms with Gasteiger partial charge < -0.3 is 14.8 Å². The third kappa shape index (κ3) is 3.55. The number of piperidine rings is 1. The maximum atomic E-state index is 12.6. The largest absolute Gasteiger partial charge is 0.340 e. The maximum absolute atomic E-state index is 12.6. The molecular weight excluding hydrogens is 274 g/mol. The Hall–Kier alpha value is -1.00. The monoisotopic (exact) mass is 297 g/mol. The molecule has 20 heavy (non-hydrogen) atoms. The first-order chi connectivity index (χ1) is 9.49. The standard InChI is InChI=1S/C15H24ClN3O/c1-11(2)19-10-13(16)7-14(19)15(20)18(3)9-12-5-4-6-17-8-12/h7,10-12,17H,4-6,8-9H2,1-3H3. The highest BCUT2D eigenvalue weighted by molar-refractivity contribution is 6.31. The number of halogens is 1. The van der Waals surface area contributed by atoms with Crippen LogP contribution in [0.1, 0.15) is 43.2 Å². The van der Waals surface area contributed by atoms with Crippen LogP contribution in [0.15, 0.2) is 12.3 Å². The van der Waals surface area contributed by atoms with E-state index in [1.54, 1.807) is 6.07 Å². The van der Waals surface area contributed by atoms with Crippen molar-refractivity contribution in [2.45, 2.75) is 32.7 Å². The normalized spacial score (nSPS) is 19.4. The summed E-state index contributed by atoms with van der Waals surface area (Å²) in [5, 5.41) is 4.01. The molecule has 1 aliphatic heterocycles. The number of hydrogen-bond donors (Lipinski definition) is 1. The Bertz CT molecular complexity index is 464. The van der Waals surface area contributed by atoms with Gasteiger partial charge in [-0.25, -0.2) is 0 Å². The molecule has 1 aromatic heterocycles. The van der Waals surface area contributed by atoms with Gasteiger partial charge in [-0.3, -0.25) is 4.79 Å². The fourth-order valence-electron chi connectivity index (χ4n) is 2.79. The highest BCUT2D eigenvalue weighted by Gasteiger charge is 2.22. The van der Waals surface area contributed by atoms with Crippen LogP contribution >= 0.6 is 11.6 Å². The van der Waals surface area contributed by atoms with Crippen LogP contribution in [0.4, 0.5) is 0 Å². The summed E-state index contributed by atoms with van der Waals surface area (Å²) in [6.45, 7) is 7.01. The molecule has 1 aliphatic rings.